The van der Waals surface area contributed by atoms with E-state index in [9.17, 15) is 14.9 Å². The van der Waals surface area contributed by atoms with Gasteiger partial charge >= 0.3 is 5.97 Å². The molecule has 1 rings (SSSR count). The summed E-state index contributed by atoms with van der Waals surface area (Å²) in [6, 6.07) is 3.25. The van der Waals surface area contributed by atoms with Gasteiger partial charge in [-0.25, -0.2) is 0 Å². The largest absolute Gasteiger partial charge is 0.481 e. The number of hydrogen-bond acceptors (Lipinski definition) is 4. The fraction of sp³-hybridized carbons (Fsp3) is 0.462. The van der Waals surface area contributed by atoms with E-state index in [-0.39, 0.29) is 5.69 Å². The summed E-state index contributed by atoms with van der Waals surface area (Å²) in [5.41, 5.74) is 2.27. The van der Waals surface area contributed by atoms with Crippen LogP contribution in [0.25, 0.3) is 0 Å². The zero-order chi connectivity index (χ0) is 14.6. The first-order valence-electron chi connectivity index (χ1n) is 6.05. The number of anilines is 1. The molecule has 0 heterocycles. The number of carboxylic acid groups (broad SMARTS) is 1. The third-order valence-electron chi connectivity index (χ3n) is 3.12. The standard InChI is InChI=1S/C13H18N2O4/c1-8(13(16)17)4-5-14-11-6-9(2)10(3)7-12(11)15(18)19/h6-8,14H,4-5H2,1-3H3,(H,16,17). The van der Waals surface area contributed by atoms with Gasteiger partial charge in [0, 0.05) is 12.6 Å². The van der Waals surface area contributed by atoms with Crippen LogP contribution in [0.4, 0.5) is 11.4 Å². The average molecular weight is 266 g/mol. The maximum Gasteiger partial charge on any atom is 0.306 e. The second kappa shape index (κ2) is 6.17. The third kappa shape index (κ3) is 3.94. The maximum absolute atomic E-state index is 11.0. The van der Waals surface area contributed by atoms with E-state index < -0.39 is 16.8 Å². The Morgan fingerprint density at radius 2 is 2.00 bits per heavy atom. The summed E-state index contributed by atoms with van der Waals surface area (Å²) in [7, 11) is 0. The molecule has 0 saturated heterocycles. The topological polar surface area (TPSA) is 92.5 Å². The molecule has 0 saturated carbocycles. The number of aliphatic carboxylic acids is 1. The maximum atomic E-state index is 11.0. The van der Waals surface area contributed by atoms with Gasteiger partial charge in [-0.3, -0.25) is 14.9 Å². The van der Waals surface area contributed by atoms with Gasteiger partial charge in [0.1, 0.15) is 5.69 Å². The predicted molar refractivity (Wildman–Crippen MR) is 72.5 cm³/mol. The molecule has 0 aliphatic carbocycles. The number of carbonyl (C=O) groups is 1. The quantitative estimate of drug-likeness (QED) is 0.610. The molecule has 1 unspecified atom stereocenters. The van der Waals surface area contributed by atoms with E-state index in [2.05, 4.69) is 5.32 Å². The van der Waals surface area contributed by atoms with Crippen LogP contribution in [-0.4, -0.2) is 22.5 Å². The Balaban J connectivity index is 2.80. The summed E-state index contributed by atoms with van der Waals surface area (Å²) < 4.78 is 0. The van der Waals surface area contributed by atoms with Crippen LogP contribution in [0, 0.1) is 29.9 Å². The number of nitrogens with one attached hydrogen (secondary N) is 1. The molecule has 0 spiro atoms. The second-order valence-corrected chi connectivity index (χ2v) is 4.67. The van der Waals surface area contributed by atoms with Crippen molar-refractivity contribution in [2.45, 2.75) is 27.2 Å². The second-order valence-electron chi connectivity index (χ2n) is 4.67. The molecular weight excluding hydrogens is 248 g/mol. The van der Waals surface area contributed by atoms with Crippen LogP contribution in [-0.2, 0) is 4.79 Å². The number of carboxylic acids is 1. The van der Waals surface area contributed by atoms with Crippen molar-refractivity contribution in [2.75, 3.05) is 11.9 Å². The Labute approximate surface area is 111 Å². The van der Waals surface area contributed by atoms with Crippen LogP contribution < -0.4 is 5.32 Å². The number of nitrogens with zero attached hydrogens (tertiary/aromatic N) is 1. The molecule has 0 amide bonds. The lowest BCUT2D eigenvalue weighted by atomic mass is 10.1. The first-order valence-corrected chi connectivity index (χ1v) is 6.05. The Bertz CT molecular complexity index is 500. The van der Waals surface area contributed by atoms with Crippen LogP contribution in [0.3, 0.4) is 0 Å². The van der Waals surface area contributed by atoms with Crippen LogP contribution >= 0.6 is 0 Å². The van der Waals surface area contributed by atoms with Crippen molar-refractivity contribution in [1.82, 2.24) is 0 Å². The lowest BCUT2D eigenvalue weighted by Crippen LogP contribution is -2.15. The summed E-state index contributed by atoms with van der Waals surface area (Å²) in [5, 5.41) is 22.7. The number of hydrogen-bond donors (Lipinski definition) is 2. The van der Waals surface area contributed by atoms with E-state index in [4.69, 9.17) is 5.11 Å². The lowest BCUT2D eigenvalue weighted by molar-refractivity contribution is -0.384. The molecule has 6 nitrogen and oxygen atoms in total. The fourth-order valence-electron chi connectivity index (χ4n) is 1.64. The van der Waals surface area contributed by atoms with Gasteiger partial charge in [0.15, 0.2) is 0 Å². The molecule has 6 heteroatoms. The summed E-state index contributed by atoms with van der Waals surface area (Å²) in [6.45, 7) is 5.69. The number of nitro groups is 1. The number of benzene rings is 1. The highest BCUT2D eigenvalue weighted by atomic mass is 16.6. The minimum atomic E-state index is -0.864. The zero-order valence-electron chi connectivity index (χ0n) is 11.3. The molecule has 0 fully saturated rings. The highest BCUT2D eigenvalue weighted by Crippen LogP contribution is 2.27. The monoisotopic (exact) mass is 266 g/mol. The molecule has 1 atom stereocenters. The number of rotatable bonds is 6. The molecule has 0 aliphatic rings. The highest BCUT2D eigenvalue weighted by molar-refractivity contribution is 5.69. The molecule has 1 aromatic rings. The van der Waals surface area contributed by atoms with E-state index in [1.54, 1.807) is 13.0 Å². The van der Waals surface area contributed by atoms with Crippen molar-refractivity contribution in [3.05, 3.63) is 33.4 Å². The van der Waals surface area contributed by atoms with Crippen molar-refractivity contribution < 1.29 is 14.8 Å². The lowest BCUT2D eigenvalue weighted by Gasteiger charge is -2.11. The molecule has 0 aliphatic heterocycles. The first-order chi connectivity index (χ1) is 8.82. The van der Waals surface area contributed by atoms with E-state index in [1.807, 2.05) is 13.8 Å². The molecular formula is C13H18N2O4. The van der Waals surface area contributed by atoms with E-state index in [0.717, 1.165) is 11.1 Å². The SMILES string of the molecule is Cc1cc(NCCC(C)C(=O)O)c([N+](=O)[O-])cc1C. The van der Waals surface area contributed by atoms with E-state index in [0.29, 0.717) is 18.7 Å². The summed E-state index contributed by atoms with van der Waals surface area (Å²) >= 11 is 0. The Hall–Kier alpha value is -2.11. The van der Waals surface area contributed by atoms with Gasteiger partial charge in [0.25, 0.3) is 5.69 Å². The molecule has 0 aromatic heterocycles. The van der Waals surface area contributed by atoms with Crippen LogP contribution in [0.2, 0.25) is 0 Å². The molecule has 1 aromatic carbocycles. The first kappa shape index (κ1) is 14.9. The molecule has 0 radical (unpaired) electrons. The van der Waals surface area contributed by atoms with E-state index >= 15 is 0 Å². The van der Waals surface area contributed by atoms with Crippen molar-refractivity contribution in [3.8, 4) is 0 Å². The van der Waals surface area contributed by atoms with E-state index in [1.165, 1.54) is 6.07 Å². The fourth-order valence-corrected chi connectivity index (χ4v) is 1.64. The smallest absolute Gasteiger partial charge is 0.306 e. The van der Waals surface area contributed by atoms with Gasteiger partial charge in [-0.1, -0.05) is 6.92 Å². The summed E-state index contributed by atoms with van der Waals surface area (Å²) in [4.78, 5) is 21.2. The van der Waals surface area contributed by atoms with Crippen molar-refractivity contribution in [1.29, 1.82) is 0 Å². The van der Waals surface area contributed by atoms with Crippen LogP contribution in [0.5, 0.6) is 0 Å². The van der Waals surface area contributed by atoms with Crippen molar-refractivity contribution in [3.63, 3.8) is 0 Å². The minimum Gasteiger partial charge on any atom is -0.481 e. The van der Waals surface area contributed by atoms with Crippen LogP contribution in [0.15, 0.2) is 12.1 Å². The van der Waals surface area contributed by atoms with Gasteiger partial charge in [-0.2, -0.15) is 0 Å². The summed E-state index contributed by atoms with van der Waals surface area (Å²) in [6.07, 6.45) is 0.416. The van der Waals surface area contributed by atoms with Gasteiger partial charge < -0.3 is 10.4 Å². The Kier molecular flexibility index (Phi) is 4.86. The minimum absolute atomic E-state index is 0.0195. The van der Waals surface area contributed by atoms with Gasteiger partial charge in [-0.05, 0) is 37.5 Å². The number of nitro benzene ring substituents is 1. The van der Waals surface area contributed by atoms with Crippen molar-refractivity contribution >= 4 is 17.3 Å². The Morgan fingerprint density at radius 3 is 2.53 bits per heavy atom. The molecule has 104 valence electrons. The normalized spacial score (nSPS) is 11.9. The molecule has 2 N–H and O–H groups in total. The third-order valence-corrected chi connectivity index (χ3v) is 3.12. The van der Waals surface area contributed by atoms with Gasteiger partial charge in [-0.15, -0.1) is 0 Å². The average Bonchev–Trinajstić information content (AvgIpc) is 2.32. The zero-order valence-corrected chi connectivity index (χ0v) is 11.3. The Morgan fingerprint density at radius 1 is 1.42 bits per heavy atom. The molecule has 0 bridgehead atoms. The van der Waals surface area contributed by atoms with Crippen LogP contribution in [0.1, 0.15) is 24.5 Å². The molecule has 19 heavy (non-hydrogen) atoms. The van der Waals surface area contributed by atoms with Gasteiger partial charge in [0.05, 0.1) is 10.8 Å². The highest BCUT2D eigenvalue weighted by Gasteiger charge is 2.16. The van der Waals surface area contributed by atoms with Gasteiger partial charge in [0.2, 0.25) is 0 Å². The summed E-state index contributed by atoms with van der Waals surface area (Å²) in [5.74, 6) is -1.34. The van der Waals surface area contributed by atoms with Crippen molar-refractivity contribution in [2.24, 2.45) is 5.92 Å². The number of aryl methyl sites for hydroxylation is 2. The predicted octanol–water partition coefficient (Wildman–Crippen LogP) is 2.73.